The molecule has 2 atom stereocenters. The smallest absolute Gasteiger partial charge is 0.337 e. The highest BCUT2D eigenvalue weighted by molar-refractivity contribution is 6.33. The minimum Gasteiger partial charge on any atom is -0.465 e. The van der Waals surface area contributed by atoms with Gasteiger partial charge in [0.05, 0.1) is 30.2 Å². The number of benzene rings is 3. The lowest BCUT2D eigenvalue weighted by atomic mass is 9.54. The lowest BCUT2D eigenvalue weighted by molar-refractivity contribution is -0.122. The third-order valence-corrected chi connectivity index (χ3v) is 7.68. The summed E-state index contributed by atoms with van der Waals surface area (Å²) < 4.78 is 4.80. The fraction of sp³-hybridized carbons (Fsp3) is 0.192. The Balaban J connectivity index is 1.56. The number of anilines is 1. The first-order chi connectivity index (χ1) is 15.5. The minimum atomic E-state index is -1.13. The number of carbonyl (C=O) groups is 3. The molecule has 0 spiro atoms. The van der Waals surface area contributed by atoms with Crippen molar-refractivity contribution in [1.29, 1.82) is 0 Å². The van der Waals surface area contributed by atoms with Crippen molar-refractivity contribution in [3.8, 4) is 0 Å². The molecule has 3 aromatic carbocycles. The van der Waals surface area contributed by atoms with E-state index in [1.54, 1.807) is 18.2 Å². The molecule has 2 bridgehead atoms. The summed E-state index contributed by atoms with van der Waals surface area (Å²) >= 11 is 7.40. The van der Waals surface area contributed by atoms with Crippen LogP contribution in [0.3, 0.4) is 0 Å². The van der Waals surface area contributed by atoms with Gasteiger partial charge in [0.25, 0.3) is 0 Å². The number of alkyl halides is 1. The summed E-state index contributed by atoms with van der Waals surface area (Å²) in [5.74, 6) is -2.75. The molecular formula is C26H18ClNO4. The van der Waals surface area contributed by atoms with Crippen molar-refractivity contribution in [2.45, 2.75) is 10.8 Å². The second-order valence-electron chi connectivity index (χ2n) is 8.42. The highest BCUT2D eigenvalue weighted by Gasteiger charge is 2.68. The third kappa shape index (κ3) is 2.21. The van der Waals surface area contributed by atoms with Gasteiger partial charge in [-0.1, -0.05) is 54.6 Å². The summed E-state index contributed by atoms with van der Waals surface area (Å²) in [5, 5.41) is 0. The van der Waals surface area contributed by atoms with E-state index in [2.05, 4.69) is 0 Å². The molecule has 3 aromatic rings. The molecule has 0 radical (unpaired) electrons. The van der Waals surface area contributed by atoms with Gasteiger partial charge in [0, 0.05) is 5.92 Å². The Hall–Kier alpha value is -3.44. The molecule has 0 N–H and O–H groups in total. The zero-order valence-corrected chi connectivity index (χ0v) is 17.9. The van der Waals surface area contributed by atoms with Crippen LogP contribution in [-0.2, 0) is 19.2 Å². The van der Waals surface area contributed by atoms with Gasteiger partial charge in [0.2, 0.25) is 11.8 Å². The average Bonchev–Trinajstić information content (AvgIpc) is 3.10. The molecule has 7 rings (SSSR count). The number of ether oxygens (including phenoxy) is 1. The van der Waals surface area contributed by atoms with Gasteiger partial charge >= 0.3 is 5.97 Å². The number of hydrogen-bond acceptors (Lipinski definition) is 4. The molecule has 0 unspecified atom stereocenters. The second-order valence-corrected chi connectivity index (χ2v) is 9.02. The first-order valence-electron chi connectivity index (χ1n) is 10.4. The number of esters is 1. The van der Waals surface area contributed by atoms with Crippen molar-refractivity contribution in [2.75, 3.05) is 12.0 Å². The van der Waals surface area contributed by atoms with Crippen LogP contribution in [0.4, 0.5) is 5.69 Å². The van der Waals surface area contributed by atoms with Gasteiger partial charge in [0.15, 0.2) is 0 Å². The molecule has 5 nitrogen and oxygen atoms in total. The van der Waals surface area contributed by atoms with Crippen molar-refractivity contribution in [2.24, 2.45) is 11.8 Å². The van der Waals surface area contributed by atoms with Crippen LogP contribution in [0.1, 0.15) is 38.5 Å². The molecule has 0 saturated carbocycles. The van der Waals surface area contributed by atoms with Crippen molar-refractivity contribution in [1.82, 2.24) is 0 Å². The zero-order valence-electron chi connectivity index (χ0n) is 17.1. The Morgan fingerprint density at radius 1 is 0.906 bits per heavy atom. The number of halogens is 1. The first kappa shape index (κ1) is 19.3. The number of methoxy groups -OCH3 is 1. The predicted octanol–water partition coefficient (Wildman–Crippen LogP) is 4.22. The topological polar surface area (TPSA) is 63.7 Å². The van der Waals surface area contributed by atoms with Crippen molar-refractivity contribution >= 4 is 35.1 Å². The molecule has 4 aliphatic rings. The van der Waals surface area contributed by atoms with E-state index in [1.165, 1.54) is 18.1 Å². The van der Waals surface area contributed by atoms with Gasteiger partial charge in [-0.2, -0.15) is 0 Å². The maximum absolute atomic E-state index is 13.8. The number of rotatable bonds is 2. The van der Waals surface area contributed by atoms with Crippen molar-refractivity contribution in [3.05, 3.63) is 101 Å². The molecule has 1 fully saturated rings. The monoisotopic (exact) mass is 443 g/mol. The molecule has 0 aromatic heterocycles. The second kappa shape index (κ2) is 6.53. The molecule has 1 heterocycles. The van der Waals surface area contributed by atoms with E-state index in [9.17, 15) is 14.4 Å². The molecule has 2 amide bonds. The van der Waals surface area contributed by atoms with Gasteiger partial charge in [-0.3, -0.25) is 9.59 Å². The normalized spacial score (nSPS) is 27.1. The maximum atomic E-state index is 13.8. The zero-order chi connectivity index (χ0) is 22.2. The first-order valence-corrected chi connectivity index (χ1v) is 10.8. The van der Waals surface area contributed by atoms with Gasteiger partial charge in [-0.15, -0.1) is 11.6 Å². The molecular weight excluding hydrogens is 426 g/mol. The largest absolute Gasteiger partial charge is 0.465 e. The third-order valence-electron chi connectivity index (χ3n) is 7.04. The Morgan fingerprint density at radius 3 is 2.16 bits per heavy atom. The van der Waals surface area contributed by atoms with Crippen LogP contribution >= 0.6 is 11.6 Å². The Labute approximate surface area is 189 Å². The highest BCUT2D eigenvalue weighted by atomic mass is 35.5. The van der Waals surface area contributed by atoms with Crippen LogP contribution in [0.2, 0.25) is 0 Å². The van der Waals surface area contributed by atoms with E-state index in [0.29, 0.717) is 5.69 Å². The van der Waals surface area contributed by atoms with Crippen LogP contribution in [0.15, 0.2) is 72.8 Å². The molecule has 32 heavy (non-hydrogen) atoms. The van der Waals surface area contributed by atoms with Crippen molar-refractivity contribution in [3.63, 3.8) is 0 Å². The summed E-state index contributed by atoms with van der Waals surface area (Å²) in [6.07, 6.45) is 0. The standard InChI is InChI=1S/C26H18ClNO4/c1-32-25(31)14-7-6-8-15(13-14)28-23(29)21-20-16-9-2-4-11-18(16)26(27,22(21)24(28)30)19-12-5-3-10-17(19)20/h2-13,20-22H,1H3/t20?,21-,22-,26?/m1/s1. The molecule has 3 aliphatic carbocycles. The summed E-state index contributed by atoms with van der Waals surface area (Å²) in [6, 6.07) is 22.0. The van der Waals surface area contributed by atoms with E-state index in [0.717, 1.165) is 22.3 Å². The lowest BCUT2D eigenvalue weighted by Crippen LogP contribution is -2.50. The summed E-state index contributed by atoms with van der Waals surface area (Å²) in [7, 11) is 1.29. The number of imide groups is 1. The quantitative estimate of drug-likeness (QED) is 0.338. The van der Waals surface area contributed by atoms with Gasteiger partial charge in [-0.25, -0.2) is 9.69 Å². The van der Waals surface area contributed by atoms with Crippen LogP contribution < -0.4 is 4.90 Å². The molecule has 6 heteroatoms. The van der Waals surface area contributed by atoms with Crippen LogP contribution in [-0.4, -0.2) is 24.9 Å². The predicted molar refractivity (Wildman–Crippen MR) is 119 cm³/mol. The van der Waals surface area contributed by atoms with E-state index in [-0.39, 0.29) is 23.3 Å². The van der Waals surface area contributed by atoms with Gasteiger partial charge < -0.3 is 4.74 Å². The molecule has 158 valence electrons. The molecule has 1 aliphatic heterocycles. The van der Waals surface area contributed by atoms with Crippen LogP contribution in [0.5, 0.6) is 0 Å². The van der Waals surface area contributed by atoms with Gasteiger partial charge in [0.1, 0.15) is 4.87 Å². The lowest BCUT2D eigenvalue weighted by Gasteiger charge is -2.50. The Morgan fingerprint density at radius 2 is 1.53 bits per heavy atom. The fourth-order valence-corrected chi connectivity index (χ4v) is 6.40. The summed E-state index contributed by atoms with van der Waals surface area (Å²) in [4.78, 5) is 39.7. The van der Waals surface area contributed by atoms with E-state index < -0.39 is 22.7 Å². The maximum Gasteiger partial charge on any atom is 0.337 e. The van der Waals surface area contributed by atoms with Crippen LogP contribution in [0, 0.1) is 11.8 Å². The molecule has 1 saturated heterocycles. The fourth-order valence-electron chi connectivity index (χ4n) is 5.82. The SMILES string of the molecule is COC(=O)c1cccc(N2C(=O)[C@@H]3C4c5ccccc5C(Cl)(c5ccccc54)[C@H]3C2=O)c1. The van der Waals surface area contributed by atoms with E-state index in [4.69, 9.17) is 16.3 Å². The number of hydrogen-bond donors (Lipinski definition) is 0. The van der Waals surface area contributed by atoms with E-state index >= 15 is 0 Å². The van der Waals surface area contributed by atoms with E-state index in [1.807, 2.05) is 48.5 Å². The van der Waals surface area contributed by atoms with Crippen molar-refractivity contribution < 1.29 is 19.1 Å². The summed E-state index contributed by atoms with van der Waals surface area (Å²) in [5.41, 5.74) is 4.39. The average molecular weight is 444 g/mol. The summed E-state index contributed by atoms with van der Waals surface area (Å²) in [6.45, 7) is 0. The number of amides is 2. The number of nitrogens with zero attached hydrogens (tertiary/aromatic N) is 1. The van der Waals surface area contributed by atoms with Crippen LogP contribution in [0.25, 0.3) is 0 Å². The van der Waals surface area contributed by atoms with Gasteiger partial charge in [-0.05, 0) is 40.5 Å². The Kier molecular flexibility index (Phi) is 3.93. The number of carbonyl (C=O) groups excluding carboxylic acids is 3. The minimum absolute atomic E-state index is 0.252. The highest BCUT2D eigenvalue weighted by Crippen LogP contribution is 2.65. The Bertz CT molecular complexity index is 1290.